The SMILES string of the molecule is N#Cc1c(N)nc2c(c1N)C(c1sccc1Br)c1oc(CO)cc(=O)c1O2. The lowest BCUT2D eigenvalue weighted by Gasteiger charge is -2.27. The number of nitrogen functional groups attached to an aromatic ring is 2. The number of aliphatic hydroxyl groups is 1. The lowest BCUT2D eigenvalue weighted by atomic mass is 9.90. The van der Waals surface area contributed by atoms with Crippen LogP contribution >= 0.6 is 27.3 Å². The van der Waals surface area contributed by atoms with Crippen molar-refractivity contribution in [1.29, 1.82) is 5.26 Å². The van der Waals surface area contributed by atoms with E-state index in [0.717, 1.165) is 15.4 Å². The van der Waals surface area contributed by atoms with Gasteiger partial charge in [-0.25, -0.2) is 0 Å². The van der Waals surface area contributed by atoms with E-state index in [4.69, 9.17) is 20.6 Å². The van der Waals surface area contributed by atoms with Crippen LogP contribution in [0, 0.1) is 11.3 Å². The van der Waals surface area contributed by atoms with Crippen LogP contribution in [0.5, 0.6) is 11.6 Å². The molecule has 0 saturated heterocycles. The molecule has 0 aromatic carbocycles. The molecule has 0 radical (unpaired) electrons. The van der Waals surface area contributed by atoms with E-state index in [1.807, 2.05) is 17.5 Å². The molecule has 1 unspecified atom stereocenters. The summed E-state index contributed by atoms with van der Waals surface area (Å²) in [6, 6.07) is 4.94. The van der Waals surface area contributed by atoms with Crippen molar-refractivity contribution in [2.45, 2.75) is 12.5 Å². The quantitative estimate of drug-likeness (QED) is 0.425. The van der Waals surface area contributed by atoms with Crippen LogP contribution in [0.3, 0.4) is 0 Å². The van der Waals surface area contributed by atoms with Crippen LogP contribution in [0.25, 0.3) is 0 Å². The number of nitrogens with two attached hydrogens (primary N) is 2. The number of anilines is 2. The zero-order valence-corrected chi connectivity index (χ0v) is 15.9. The molecule has 4 rings (SSSR count). The maximum atomic E-state index is 12.5. The average molecular weight is 447 g/mol. The first kappa shape index (κ1) is 17.5. The molecule has 3 aromatic rings. The molecule has 4 heterocycles. The van der Waals surface area contributed by atoms with Crippen molar-refractivity contribution in [2.75, 3.05) is 11.5 Å². The maximum Gasteiger partial charge on any atom is 0.228 e. The topological polar surface area (TPSA) is 148 Å². The Labute approximate surface area is 164 Å². The Morgan fingerprint density at radius 2 is 2.22 bits per heavy atom. The molecule has 0 fully saturated rings. The van der Waals surface area contributed by atoms with Gasteiger partial charge in [-0.05, 0) is 27.4 Å². The molecule has 0 amide bonds. The van der Waals surface area contributed by atoms with Gasteiger partial charge in [0, 0.05) is 15.4 Å². The fourth-order valence-corrected chi connectivity index (χ4v) is 4.70. The Morgan fingerprint density at radius 1 is 1.44 bits per heavy atom. The van der Waals surface area contributed by atoms with Crippen molar-refractivity contribution in [1.82, 2.24) is 4.98 Å². The summed E-state index contributed by atoms with van der Waals surface area (Å²) < 4.78 is 12.2. The highest BCUT2D eigenvalue weighted by Crippen LogP contribution is 2.51. The highest BCUT2D eigenvalue weighted by molar-refractivity contribution is 9.10. The van der Waals surface area contributed by atoms with E-state index in [2.05, 4.69) is 20.9 Å². The molecule has 136 valence electrons. The molecule has 0 saturated carbocycles. The lowest BCUT2D eigenvalue weighted by molar-refractivity contribution is 0.233. The summed E-state index contributed by atoms with van der Waals surface area (Å²) >= 11 is 4.89. The summed E-state index contributed by atoms with van der Waals surface area (Å²) in [6.07, 6.45) is 0. The van der Waals surface area contributed by atoms with Crippen molar-refractivity contribution in [3.05, 3.63) is 59.7 Å². The van der Waals surface area contributed by atoms with Gasteiger partial charge in [-0.15, -0.1) is 11.3 Å². The summed E-state index contributed by atoms with van der Waals surface area (Å²) in [5, 5.41) is 20.7. The normalized spacial score (nSPS) is 14.8. The highest BCUT2D eigenvalue weighted by atomic mass is 79.9. The Morgan fingerprint density at radius 3 is 2.85 bits per heavy atom. The van der Waals surface area contributed by atoms with Crippen molar-refractivity contribution in [2.24, 2.45) is 0 Å². The van der Waals surface area contributed by atoms with Gasteiger partial charge in [-0.1, -0.05) is 0 Å². The van der Waals surface area contributed by atoms with Gasteiger partial charge in [-0.2, -0.15) is 10.2 Å². The number of halogens is 1. The number of hydrogen-bond donors (Lipinski definition) is 3. The molecule has 1 aliphatic rings. The van der Waals surface area contributed by atoms with E-state index in [0.29, 0.717) is 5.56 Å². The van der Waals surface area contributed by atoms with Crippen molar-refractivity contribution >= 4 is 38.8 Å². The number of aliphatic hydroxyl groups excluding tert-OH is 1. The smallest absolute Gasteiger partial charge is 0.228 e. The molecule has 1 atom stereocenters. The second-order valence-electron chi connectivity index (χ2n) is 5.71. The number of ether oxygens (including phenoxy) is 1. The van der Waals surface area contributed by atoms with Gasteiger partial charge in [0.1, 0.15) is 29.8 Å². The molecule has 10 heteroatoms. The molecule has 3 aromatic heterocycles. The largest absolute Gasteiger partial charge is 0.458 e. The predicted molar refractivity (Wildman–Crippen MR) is 102 cm³/mol. The van der Waals surface area contributed by atoms with Gasteiger partial charge in [0.15, 0.2) is 5.76 Å². The standard InChI is InChI=1S/C17H11BrN4O4S/c18-8-1-2-27-15(8)11-10-12(20)7(4-19)16(21)22-17(10)26-13-9(24)3-6(5-23)25-14(11)13/h1-3,11,23H,5H2,(H4,20,21,22). The fraction of sp³-hybridized carbons (Fsp3) is 0.118. The summed E-state index contributed by atoms with van der Waals surface area (Å²) in [5.74, 6) is -0.475. The highest BCUT2D eigenvalue weighted by Gasteiger charge is 2.39. The zero-order valence-electron chi connectivity index (χ0n) is 13.5. The second-order valence-corrected chi connectivity index (χ2v) is 7.51. The van der Waals surface area contributed by atoms with Crippen molar-refractivity contribution in [3.8, 4) is 17.7 Å². The van der Waals surface area contributed by atoms with Crippen LogP contribution in [0.2, 0.25) is 0 Å². The van der Waals surface area contributed by atoms with Gasteiger partial charge >= 0.3 is 0 Å². The lowest BCUT2D eigenvalue weighted by Crippen LogP contribution is -2.21. The molecular formula is C17H11BrN4O4S. The molecule has 0 aliphatic carbocycles. The Kier molecular flexibility index (Phi) is 4.15. The predicted octanol–water partition coefficient (Wildman–Crippen LogP) is 2.67. The van der Waals surface area contributed by atoms with Gasteiger partial charge in [0.25, 0.3) is 0 Å². The number of thiophene rings is 1. The van der Waals surface area contributed by atoms with Crippen LogP contribution in [0.1, 0.15) is 33.4 Å². The van der Waals surface area contributed by atoms with Gasteiger partial charge in [-0.3, -0.25) is 4.79 Å². The number of fused-ring (bicyclic) bond motifs is 2. The molecule has 1 aliphatic heterocycles. The number of nitrogens with zero attached hydrogens (tertiary/aromatic N) is 2. The fourth-order valence-electron chi connectivity index (χ4n) is 3.00. The molecule has 27 heavy (non-hydrogen) atoms. The summed E-state index contributed by atoms with van der Waals surface area (Å²) in [6.45, 7) is -0.452. The minimum Gasteiger partial charge on any atom is -0.458 e. The van der Waals surface area contributed by atoms with Crippen LogP contribution in [-0.2, 0) is 6.61 Å². The van der Waals surface area contributed by atoms with Crippen LogP contribution in [0.4, 0.5) is 11.5 Å². The minimum atomic E-state index is -0.655. The van der Waals surface area contributed by atoms with E-state index in [9.17, 15) is 15.2 Å². The Bertz CT molecular complexity index is 1180. The van der Waals surface area contributed by atoms with Gasteiger partial charge in [0.2, 0.25) is 17.1 Å². The second kappa shape index (κ2) is 6.38. The summed E-state index contributed by atoms with van der Waals surface area (Å²) in [5.41, 5.74) is 12.1. The van der Waals surface area contributed by atoms with Crippen LogP contribution in [-0.4, -0.2) is 10.1 Å². The minimum absolute atomic E-state index is 0.0270. The Hall–Kier alpha value is -2.87. The average Bonchev–Trinajstić information content (AvgIpc) is 3.06. The van der Waals surface area contributed by atoms with Gasteiger partial charge < -0.3 is 25.7 Å². The molecular weight excluding hydrogens is 436 g/mol. The molecule has 8 nitrogen and oxygen atoms in total. The number of nitriles is 1. The Balaban J connectivity index is 2.11. The summed E-state index contributed by atoms with van der Waals surface area (Å²) in [7, 11) is 0. The molecule has 0 bridgehead atoms. The van der Waals surface area contributed by atoms with E-state index in [1.54, 1.807) is 0 Å². The van der Waals surface area contributed by atoms with Crippen molar-refractivity contribution in [3.63, 3.8) is 0 Å². The first-order valence-electron chi connectivity index (χ1n) is 7.63. The molecule has 5 N–H and O–H groups in total. The monoisotopic (exact) mass is 446 g/mol. The van der Waals surface area contributed by atoms with Gasteiger partial charge in [0.05, 0.1) is 17.2 Å². The number of hydrogen-bond acceptors (Lipinski definition) is 9. The molecule has 0 spiro atoms. The third-order valence-corrected chi connectivity index (χ3v) is 6.11. The van der Waals surface area contributed by atoms with E-state index in [-0.39, 0.29) is 40.2 Å². The van der Waals surface area contributed by atoms with E-state index in [1.165, 1.54) is 11.3 Å². The van der Waals surface area contributed by atoms with Crippen molar-refractivity contribution < 1.29 is 14.3 Å². The van der Waals surface area contributed by atoms with E-state index < -0.39 is 18.0 Å². The first-order chi connectivity index (χ1) is 13.0. The zero-order chi connectivity index (χ0) is 19.3. The number of pyridine rings is 1. The third-order valence-electron chi connectivity index (χ3n) is 4.17. The maximum absolute atomic E-state index is 12.5. The number of aromatic nitrogens is 1. The first-order valence-corrected chi connectivity index (χ1v) is 9.31. The summed E-state index contributed by atoms with van der Waals surface area (Å²) in [4.78, 5) is 17.4. The van der Waals surface area contributed by atoms with Crippen LogP contribution < -0.4 is 21.6 Å². The van der Waals surface area contributed by atoms with E-state index >= 15 is 0 Å². The van der Waals surface area contributed by atoms with Crippen LogP contribution in [0.15, 0.2) is 31.2 Å². The number of rotatable bonds is 2. The third kappa shape index (κ3) is 2.59.